The predicted molar refractivity (Wildman–Crippen MR) is 129 cm³/mol. The molecule has 2 rings (SSSR count). The van der Waals surface area contributed by atoms with Crippen molar-refractivity contribution in [3.63, 3.8) is 0 Å². The number of thiol groups is 1. The third kappa shape index (κ3) is 7.79. The SMILES string of the molecule is CCN(OC)C(=O)/C(S)=C(/C=C/N=CNc1cccc(Cl)c1)OCc1ccccc1C. The second kappa shape index (κ2) is 12.8. The van der Waals surface area contributed by atoms with Gasteiger partial charge in [0.1, 0.15) is 17.3 Å². The summed E-state index contributed by atoms with van der Waals surface area (Å²) in [5, 5.41) is 4.83. The second-order valence-electron chi connectivity index (χ2n) is 6.36. The van der Waals surface area contributed by atoms with E-state index in [4.69, 9.17) is 21.2 Å². The van der Waals surface area contributed by atoms with Crippen molar-refractivity contribution in [2.45, 2.75) is 20.5 Å². The van der Waals surface area contributed by atoms with Gasteiger partial charge in [-0.25, -0.2) is 10.1 Å². The van der Waals surface area contributed by atoms with Gasteiger partial charge in [0.15, 0.2) is 0 Å². The summed E-state index contributed by atoms with van der Waals surface area (Å²) in [6.45, 7) is 4.46. The van der Waals surface area contributed by atoms with E-state index in [1.165, 1.54) is 24.7 Å². The van der Waals surface area contributed by atoms with Crippen molar-refractivity contribution in [2.75, 3.05) is 19.0 Å². The summed E-state index contributed by atoms with van der Waals surface area (Å²) in [4.78, 5) is 22.0. The Labute approximate surface area is 193 Å². The van der Waals surface area contributed by atoms with Crippen LogP contribution >= 0.6 is 24.2 Å². The number of nitrogens with one attached hydrogen (secondary N) is 1. The molecule has 2 aromatic rings. The highest BCUT2D eigenvalue weighted by Gasteiger charge is 2.18. The van der Waals surface area contributed by atoms with Crippen LogP contribution in [0.3, 0.4) is 0 Å². The van der Waals surface area contributed by atoms with Gasteiger partial charge in [0.05, 0.1) is 13.4 Å². The fraction of sp³-hybridized carbons (Fsp3) is 0.217. The van der Waals surface area contributed by atoms with Crippen molar-refractivity contribution >= 4 is 42.2 Å². The number of amides is 1. The quantitative estimate of drug-likeness (QED) is 0.0953. The lowest BCUT2D eigenvalue weighted by Gasteiger charge is -2.19. The van der Waals surface area contributed by atoms with Crippen molar-refractivity contribution in [1.29, 1.82) is 0 Å². The number of carbonyl (C=O) groups excluding carboxylic acids is 1. The molecule has 164 valence electrons. The molecule has 0 aliphatic rings. The second-order valence-corrected chi connectivity index (χ2v) is 7.24. The van der Waals surface area contributed by atoms with Crippen molar-refractivity contribution in [1.82, 2.24) is 5.06 Å². The number of carbonyl (C=O) groups is 1. The summed E-state index contributed by atoms with van der Waals surface area (Å²) in [6, 6.07) is 15.1. The first-order chi connectivity index (χ1) is 15.0. The van der Waals surface area contributed by atoms with Gasteiger partial charge >= 0.3 is 0 Å². The maximum absolute atomic E-state index is 12.6. The van der Waals surface area contributed by atoms with E-state index in [9.17, 15) is 4.79 Å². The topological polar surface area (TPSA) is 63.2 Å². The van der Waals surface area contributed by atoms with Crippen molar-refractivity contribution in [2.24, 2.45) is 4.99 Å². The molecule has 0 saturated carbocycles. The fourth-order valence-electron chi connectivity index (χ4n) is 2.55. The lowest BCUT2D eigenvalue weighted by Crippen LogP contribution is -2.30. The standard InChI is InChI=1S/C23H26ClN3O3S/c1-4-27(29-3)23(28)22(31)21(30-15-18-9-6-5-8-17(18)2)12-13-25-16-26-20-11-7-10-19(24)14-20/h5-14,16,31H,4,15H2,1-3H3,(H,25,26)/b13-12+,22-21+. The molecule has 0 atom stereocenters. The summed E-state index contributed by atoms with van der Waals surface area (Å²) < 4.78 is 5.91. The van der Waals surface area contributed by atoms with Crippen LogP contribution in [0, 0.1) is 6.92 Å². The molecule has 0 spiro atoms. The lowest BCUT2D eigenvalue weighted by molar-refractivity contribution is -0.169. The molecule has 0 aromatic heterocycles. The number of hydrogen-bond acceptors (Lipinski definition) is 5. The summed E-state index contributed by atoms with van der Waals surface area (Å²) in [7, 11) is 1.43. The molecule has 1 N–H and O–H groups in total. The number of benzene rings is 2. The Hall–Kier alpha value is -2.74. The summed E-state index contributed by atoms with van der Waals surface area (Å²) in [5.41, 5.74) is 2.90. The zero-order valence-electron chi connectivity index (χ0n) is 17.7. The van der Waals surface area contributed by atoms with Crippen LogP contribution in [0.25, 0.3) is 0 Å². The maximum Gasteiger partial charge on any atom is 0.287 e. The molecule has 0 unspecified atom stereocenters. The molecule has 31 heavy (non-hydrogen) atoms. The number of likely N-dealkylation sites (N-methyl/N-ethyl adjacent to an activating group) is 1. The zero-order valence-corrected chi connectivity index (χ0v) is 19.4. The van der Waals surface area contributed by atoms with E-state index in [1.54, 1.807) is 25.1 Å². The minimum atomic E-state index is -0.404. The summed E-state index contributed by atoms with van der Waals surface area (Å²) >= 11 is 10.3. The summed E-state index contributed by atoms with van der Waals surface area (Å²) in [6.07, 6.45) is 4.60. The minimum Gasteiger partial charge on any atom is -0.487 e. The Morgan fingerprint density at radius 3 is 2.71 bits per heavy atom. The Morgan fingerprint density at radius 2 is 2.03 bits per heavy atom. The van der Waals surface area contributed by atoms with E-state index < -0.39 is 5.91 Å². The fourth-order valence-corrected chi connectivity index (χ4v) is 2.99. The van der Waals surface area contributed by atoms with Gasteiger partial charge in [-0.3, -0.25) is 9.63 Å². The maximum atomic E-state index is 12.6. The van der Waals surface area contributed by atoms with Gasteiger partial charge in [0, 0.05) is 23.5 Å². The first kappa shape index (κ1) is 24.5. The number of ether oxygens (including phenoxy) is 1. The monoisotopic (exact) mass is 459 g/mol. The van der Waals surface area contributed by atoms with E-state index >= 15 is 0 Å². The largest absolute Gasteiger partial charge is 0.487 e. The van der Waals surface area contributed by atoms with Crippen LogP contribution in [0.1, 0.15) is 18.1 Å². The molecule has 0 aliphatic carbocycles. The van der Waals surface area contributed by atoms with E-state index in [0.29, 0.717) is 11.6 Å². The number of aliphatic imine (C=N–C) groups is 1. The first-order valence-electron chi connectivity index (χ1n) is 9.63. The first-order valence-corrected chi connectivity index (χ1v) is 10.5. The normalized spacial score (nSPS) is 12.2. The van der Waals surface area contributed by atoms with Crippen molar-refractivity contribution in [3.8, 4) is 0 Å². The number of aryl methyl sites for hydroxylation is 1. The van der Waals surface area contributed by atoms with Gasteiger partial charge in [-0.2, -0.15) is 0 Å². The summed E-state index contributed by atoms with van der Waals surface area (Å²) in [5.74, 6) is -0.120. The van der Waals surface area contributed by atoms with Crippen LogP contribution in [0.2, 0.25) is 5.02 Å². The Morgan fingerprint density at radius 1 is 1.26 bits per heavy atom. The van der Waals surface area contributed by atoms with Crippen LogP contribution in [0.15, 0.2) is 76.5 Å². The number of halogens is 1. The number of allylic oxidation sites excluding steroid dienone is 1. The van der Waals surface area contributed by atoms with E-state index in [-0.39, 0.29) is 17.3 Å². The number of rotatable bonds is 10. The molecule has 0 fully saturated rings. The van der Waals surface area contributed by atoms with Crippen LogP contribution in [-0.2, 0) is 21.0 Å². The van der Waals surface area contributed by atoms with Gasteiger partial charge in [-0.1, -0.05) is 41.9 Å². The molecular formula is C23H26ClN3O3S. The highest BCUT2D eigenvalue weighted by molar-refractivity contribution is 7.85. The molecule has 0 saturated heterocycles. The molecule has 0 radical (unpaired) electrons. The molecule has 0 heterocycles. The highest BCUT2D eigenvalue weighted by Crippen LogP contribution is 2.19. The molecular weight excluding hydrogens is 434 g/mol. The lowest BCUT2D eigenvalue weighted by atomic mass is 10.1. The molecule has 6 nitrogen and oxygen atoms in total. The highest BCUT2D eigenvalue weighted by atomic mass is 35.5. The number of hydrogen-bond donors (Lipinski definition) is 2. The third-order valence-corrected chi connectivity index (χ3v) is 4.90. The van der Waals surface area contributed by atoms with Crippen molar-refractivity contribution < 1.29 is 14.4 Å². The molecule has 0 bridgehead atoms. The number of anilines is 1. The number of hydroxylamine groups is 2. The van der Waals surface area contributed by atoms with Gasteiger partial charge < -0.3 is 10.1 Å². The Kier molecular flexibility index (Phi) is 10.2. The third-order valence-electron chi connectivity index (χ3n) is 4.26. The van der Waals surface area contributed by atoms with Gasteiger partial charge in [-0.15, -0.1) is 12.6 Å². The molecule has 1 amide bonds. The van der Waals surface area contributed by atoms with Crippen LogP contribution in [0.4, 0.5) is 5.69 Å². The zero-order chi connectivity index (χ0) is 22.6. The minimum absolute atomic E-state index is 0.117. The van der Waals surface area contributed by atoms with Gasteiger partial charge in [0.25, 0.3) is 5.91 Å². The smallest absolute Gasteiger partial charge is 0.287 e. The Bertz CT molecular complexity index is 972. The van der Waals surface area contributed by atoms with Crippen molar-refractivity contribution in [3.05, 3.63) is 87.6 Å². The Balaban J connectivity index is 2.16. The average molecular weight is 460 g/mol. The molecule has 0 aliphatic heterocycles. The predicted octanol–water partition coefficient (Wildman–Crippen LogP) is 5.37. The molecule has 2 aromatic carbocycles. The van der Waals surface area contributed by atoms with Gasteiger partial charge in [-0.05, 0) is 49.2 Å². The van der Waals surface area contributed by atoms with E-state index in [2.05, 4.69) is 22.9 Å². The number of nitrogens with zero attached hydrogens (tertiary/aromatic N) is 2. The van der Waals surface area contributed by atoms with E-state index in [1.807, 2.05) is 43.3 Å². The average Bonchev–Trinajstić information content (AvgIpc) is 2.77. The van der Waals surface area contributed by atoms with Gasteiger partial charge in [0.2, 0.25) is 0 Å². The van der Waals surface area contributed by atoms with Crippen LogP contribution in [-0.4, -0.2) is 31.0 Å². The van der Waals surface area contributed by atoms with Crippen LogP contribution in [0.5, 0.6) is 0 Å². The van der Waals surface area contributed by atoms with E-state index in [0.717, 1.165) is 16.8 Å². The van der Waals surface area contributed by atoms with Crippen LogP contribution < -0.4 is 5.32 Å². The molecule has 8 heteroatoms.